The van der Waals surface area contributed by atoms with E-state index in [-0.39, 0.29) is 12.5 Å². The molecule has 4 nitrogen and oxygen atoms in total. The van der Waals surface area contributed by atoms with Crippen LogP contribution in [0, 0.1) is 0 Å². The SMILES string of the molecule is CCCNC(=O)CNc1nc2cccc(Cl)c2s1. The van der Waals surface area contributed by atoms with Crippen molar-refractivity contribution in [3.63, 3.8) is 0 Å². The van der Waals surface area contributed by atoms with Crippen molar-refractivity contribution in [2.24, 2.45) is 0 Å². The molecule has 0 saturated heterocycles. The summed E-state index contributed by atoms with van der Waals surface area (Å²) in [6, 6.07) is 5.60. The largest absolute Gasteiger partial charge is 0.355 e. The van der Waals surface area contributed by atoms with E-state index in [1.54, 1.807) is 0 Å². The summed E-state index contributed by atoms with van der Waals surface area (Å²) in [5.74, 6) is -0.0257. The summed E-state index contributed by atoms with van der Waals surface area (Å²) in [5, 5.41) is 7.20. The van der Waals surface area contributed by atoms with E-state index >= 15 is 0 Å². The van der Waals surface area contributed by atoms with E-state index in [1.807, 2.05) is 25.1 Å². The highest BCUT2D eigenvalue weighted by Crippen LogP contribution is 2.31. The lowest BCUT2D eigenvalue weighted by Gasteiger charge is -2.03. The summed E-state index contributed by atoms with van der Waals surface area (Å²) >= 11 is 7.52. The molecule has 0 saturated carbocycles. The Kier molecular flexibility index (Phi) is 4.38. The Hall–Kier alpha value is -1.33. The number of hydrogen-bond donors (Lipinski definition) is 2. The smallest absolute Gasteiger partial charge is 0.239 e. The van der Waals surface area contributed by atoms with Gasteiger partial charge in [-0.25, -0.2) is 4.98 Å². The normalized spacial score (nSPS) is 10.6. The molecule has 2 rings (SSSR count). The molecule has 1 heterocycles. The van der Waals surface area contributed by atoms with Crippen LogP contribution >= 0.6 is 22.9 Å². The number of carbonyl (C=O) groups is 1. The predicted molar refractivity (Wildman–Crippen MR) is 76.4 cm³/mol. The quantitative estimate of drug-likeness (QED) is 0.887. The Balaban J connectivity index is 2.00. The molecule has 0 radical (unpaired) electrons. The lowest BCUT2D eigenvalue weighted by molar-refractivity contribution is -0.119. The molecule has 1 aromatic carbocycles. The summed E-state index contributed by atoms with van der Waals surface area (Å²) in [7, 11) is 0. The van der Waals surface area contributed by atoms with E-state index in [0.29, 0.717) is 16.7 Å². The van der Waals surface area contributed by atoms with Gasteiger partial charge in [0.25, 0.3) is 0 Å². The van der Waals surface area contributed by atoms with Crippen molar-refractivity contribution in [2.45, 2.75) is 13.3 Å². The number of amides is 1. The molecular formula is C12H14ClN3OS. The molecule has 6 heteroatoms. The number of nitrogens with one attached hydrogen (secondary N) is 2. The van der Waals surface area contributed by atoms with Gasteiger partial charge in [0, 0.05) is 6.54 Å². The Bertz CT molecular complexity index is 555. The molecule has 0 aliphatic heterocycles. The average molecular weight is 284 g/mol. The highest BCUT2D eigenvalue weighted by molar-refractivity contribution is 7.22. The minimum Gasteiger partial charge on any atom is -0.355 e. The van der Waals surface area contributed by atoms with Crippen LogP contribution in [0.5, 0.6) is 0 Å². The van der Waals surface area contributed by atoms with E-state index < -0.39 is 0 Å². The van der Waals surface area contributed by atoms with Crippen molar-refractivity contribution in [1.29, 1.82) is 0 Å². The summed E-state index contributed by atoms with van der Waals surface area (Å²) < 4.78 is 0.940. The van der Waals surface area contributed by atoms with Gasteiger partial charge in [0.05, 0.1) is 21.8 Å². The van der Waals surface area contributed by atoms with Crippen LogP contribution in [0.15, 0.2) is 18.2 Å². The standard InChI is InChI=1S/C12H14ClN3OS/c1-2-6-14-10(17)7-15-12-16-9-5-3-4-8(13)11(9)18-12/h3-5H,2,6-7H2,1H3,(H,14,17)(H,15,16). The maximum Gasteiger partial charge on any atom is 0.239 e. The fraction of sp³-hybridized carbons (Fsp3) is 0.333. The van der Waals surface area contributed by atoms with Gasteiger partial charge < -0.3 is 10.6 Å². The number of carbonyl (C=O) groups excluding carboxylic acids is 1. The summed E-state index contributed by atoms with van der Waals surface area (Å²) in [6.45, 7) is 2.95. The van der Waals surface area contributed by atoms with Gasteiger partial charge in [-0.15, -0.1) is 0 Å². The van der Waals surface area contributed by atoms with Crippen molar-refractivity contribution in [1.82, 2.24) is 10.3 Å². The molecule has 18 heavy (non-hydrogen) atoms. The summed E-state index contributed by atoms with van der Waals surface area (Å²) in [6.07, 6.45) is 0.933. The molecule has 2 aromatic rings. The van der Waals surface area contributed by atoms with Gasteiger partial charge in [-0.05, 0) is 18.6 Å². The number of halogens is 1. The van der Waals surface area contributed by atoms with Crippen LogP contribution in [0.3, 0.4) is 0 Å². The number of fused-ring (bicyclic) bond motifs is 1. The van der Waals surface area contributed by atoms with E-state index in [9.17, 15) is 4.79 Å². The average Bonchev–Trinajstić information content (AvgIpc) is 2.78. The minimum absolute atomic E-state index is 0.0257. The third kappa shape index (κ3) is 3.11. The monoisotopic (exact) mass is 283 g/mol. The lowest BCUT2D eigenvalue weighted by Crippen LogP contribution is -2.30. The Morgan fingerprint density at radius 1 is 1.50 bits per heavy atom. The van der Waals surface area contributed by atoms with E-state index in [2.05, 4.69) is 15.6 Å². The molecule has 0 spiro atoms. The number of hydrogen-bond acceptors (Lipinski definition) is 4. The zero-order chi connectivity index (χ0) is 13.0. The van der Waals surface area contributed by atoms with Gasteiger partial charge in [-0.3, -0.25) is 4.79 Å². The lowest BCUT2D eigenvalue weighted by atomic mass is 10.3. The maximum atomic E-state index is 11.4. The highest BCUT2D eigenvalue weighted by atomic mass is 35.5. The van der Waals surface area contributed by atoms with E-state index in [0.717, 1.165) is 16.6 Å². The molecule has 0 bridgehead atoms. The van der Waals surface area contributed by atoms with Crippen LogP contribution in [-0.2, 0) is 4.79 Å². The third-order valence-electron chi connectivity index (χ3n) is 2.34. The Morgan fingerprint density at radius 2 is 2.33 bits per heavy atom. The first-order valence-corrected chi connectivity index (χ1v) is 6.95. The zero-order valence-electron chi connectivity index (χ0n) is 10.00. The minimum atomic E-state index is -0.0257. The number of thiazole rings is 1. The molecule has 0 aliphatic carbocycles. The topological polar surface area (TPSA) is 54.0 Å². The number of rotatable bonds is 5. The van der Waals surface area contributed by atoms with Crippen molar-refractivity contribution < 1.29 is 4.79 Å². The van der Waals surface area contributed by atoms with Crippen LogP contribution in [0.1, 0.15) is 13.3 Å². The zero-order valence-corrected chi connectivity index (χ0v) is 11.6. The fourth-order valence-electron chi connectivity index (χ4n) is 1.47. The third-order valence-corrected chi connectivity index (χ3v) is 3.83. The summed E-state index contributed by atoms with van der Waals surface area (Å²) in [4.78, 5) is 15.8. The maximum absolute atomic E-state index is 11.4. The predicted octanol–water partition coefficient (Wildman–Crippen LogP) is 2.89. The second-order valence-corrected chi connectivity index (χ2v) is 5.22. The van der Waals surface area contributed by atoms with Gasteiger partial charge in [0.15, 0.2) is 5.13 Å². The van der Waals surface area contributed by atoms with Crippen molar-refractivity contribution >= 4 is 44.2 Å². The molecule has 0 aliphatic rings. The molecule has 0 atom stereocenters. The van der Waals surface area contributed by atoms with Crippen molar-refractivity contribution in [3.05, 3.63) is 23.2 Å². The highest BCUT2D eigenvalue weighted by Gasteiger charge is 2.07. The molecule has 1 amide bonds. The van der Waals surface area contributed by atoms with Crippen LogP contribution in [0.4, 0.5) is 5.13 Å². The molecular weight excluding hydrogens is 270 g/mol. The van der Waals surface area contributed by atoms with Gasteiger partial charge in [-0.2, -0.15) is 0 Å². The van der Waals surface area contributed by atoms with Crippen LogP contribution < -0.4 is 10.6 Å². The number of nitrogens with zero attached hydrogens (tertiary/aromatic N) is 1. The molecule has 0 fully saturated rings. The molecule has 1 aromatic heterocycles. The Morgan fingerprint density at radius 3 is 3.06 bits per heavy atom. The van der Waals surface area contributed by atoms with Gasteiger partial charge >= 0.3 is 0 Å². The van der Waals surface area contributed by atoms with Crippen LogP contribution in [0.2, 0.25) is 5.02 Å². The van der Waals surface area contributed by atoms with Crippen molar-refractivity contribution in [3.8, 4) is 0 Å². The first-order valence-electron chi connectivity index (χ1n) is 5.76. The second kappa shape index (κ2) is 6.02. The Labute approximate surface area is 114 Å². The van der Waals surface area contributed by atoms with E-state index in [1.165, 1.54) is 11.3 Å². The number of benzene rings is 1. The molecule has 0 unspecified atom stereocenters. The molecule has 96 valence electrons. The van der Waals surface area contributed by atoms with Gasteiger partial charge in [0.2, 0.25) is 5.91 Å². The molecule has 2 N–H and O–H groups in total. The van der Waals surface area contributed by atoms with Crippen LogP contribution in [-0.4, -0.2) is 24.0 Å². The summed E-state index contributed by atoms with van der Waals surface area (Å²) in [5.41, 5.74) is 0.851. The first-order chi connectivity index (χ1) is 8.70. The first kappa shape index (κ1) is 13.1. The van der Waals surface area contributed by atoms with E-state index in [4.69, 9.17) is 11.6 Å². The fourth-order valence-corrected chi connectivity index (χ4v) is 2.62. The van der Waals surface area contributed by atoms with Crippen LogP contribution in [0.25, 0.3) is 10.2 Å². The van der Waals surface area contributed by atoms with Crippen molar-refractivity contribution in [2.75, 3.05) is 18.4 Å². The second-order valence-electron chi connectivity index (χ2n) is 3.81. The van der Waals surface area contributed by atoms with Gasteiger partial charge in [-0.1, -0.05) is 35.9 Å². The number of anilines is 1. The van der Waals surface area contributed by atoms with Gasteiger partial charge in [0.1, 0.15) is 0 Å². The number of aromatic nitrogens is 1.